The van der Waals surface area contributed by atoms with Crippen LogP contribution in [0.1, 0.15) is 34.6 Å². The monoisotopic (exact) mass is 723 g/mol. The van der Waals surface area contributed by atoms with Crippen LogP contribution in [0.25, 0.3) is 11.1 Å². The number of Topliss-reactive ketones (excluding diaryl/α,β-unsaturated/α-hetero) is 2. The Morgan fingerprint density at radius 3 is 1.49 bits per heavy atom. The summed E-state index contributed by atoms with van der Waals surface area (Å²) in [4.78, 5) is 76.6. The predicted molar refractivity (Wildman–Crippen MR) is 198 cm³/mol. The van der Waals surface area contributed by atoms with E-state index in [2.05, 4.69) is 15.5 Å². The highest BCUT2D eigenvalue weighted by Gasteiger charge is 2.37. The van der Waals surface area contributed by atoms with Gasteiger partial charge < -0.3 is 25.7 Å². The third-order valence-electron chi connectivity index (χ3n) is 7.77. The number of fused-ring (bicyclic) bond motifs is 1. The maximum atomic E-state index is 13.9. The van der Waals surface area contributed by atoms with Gasteiger partial charge in [0.15, 0.2) is 11.6 Å². The molecule has 11 nitrogen and oxygen atoms in total. The van der Waals surface area contributed by atoms with Gasteiger partial charge in [0, 0.05) is 53.5 Å². The number of carbonyl (C=O) groups is 6. The van der Waals surface area contributed by atoms with Crippen molar-refractivity contribution in [3.8, 4) is 11.1 Å². The summed E-state index contributed by atoms with van der Waals surface area (Å²) in [5.74, 6) is -5.52. The second-order valence-electron chi connectivity index (χ2n) is 11.4. The average Bonchev–Trinajstić information content (AvgIpc) is 3.36. The summed E-state index contributed by atoms with van der Waals surface area (Å²) in [7, 11) is 0. The van der Waals surface area contributed by atoms with Crippen molar-refractivity contribution in [3.05, 3.63) is 124 Å². The number of ketones is 2. The first kappa shape index (κ1) is 36.6. The first-order valence-electron chi connectivity index (χ1n) is 15.7. The molecule has 0 saturated heterocycles. The summed E-state index contributed by atoms with van der Waals surface area (Å²) in [5, 5.41) is 23.9. The van der Waals surface area contributed by atoms with Gasteiger partial charge in [-0.05, 0) is 59.7 Å². The third kappa shape index (κ3) is 8.74. The molecule has 2 atom stereocenters. The molecule has 0 unspecified atom stereocenters. The van der Waals surface area contributed by atoms with E-state index in [4.69, 9.17) is 0 Å². The summed E-state index contributed by atoms with van der Waals surface area (Å²) in [6.07, 6.45) is 0. The van der Waals surface area contributed by atoms with Crippen molar-refractivity contribution in [2.45, 2.75) is 25.9 Å². The molecule has 2 amide bonds. The number of nitrogens with one attached hydrogen (secondary N) is 2. The number of carboxylic acid groups (broad SMARTS) is 2. The van der Waals surface area contributed by atoms with Crippen molar-refractivity contribution in [1.82, 2.24) is 10.6 Å². The van der Waals surface area contributed by atoms with Crippen LogP contribution in [0, 0.1) is 0 Å². The summed E-state index contributed by atoms with van der Waals surface area (Å²) in [6.45, 7) is 2.32. The van der Waals surface area contributed by atoms with Crippen molar-refractivity contribution in [2.75, 3.05) is 16.4 Å². The molecule has 4 aromatic rings. The van der Waals surface area contributed by atoms with E-state index >= 15 is 0 Å². The fourth-order valence-corrected chi connectivity index (χ4v) is 7.90. The molecule has 4 N–H and O–H groups in total. The molecule has 260 valence electrons. The number of allylic oxidation sites excluding steroid dienone is 1. The number of benzene rings is 4. The second-order valence-corrected chi connectivity index (χ2v) is 13.8. The highest BCUT2D eigenvalue weighted by molar-refractivity contribution is 8.22. The van der Waals surface area contributed by atoms with Crippen LogP contribution in [-0.2, 0) is 19.2 Å². The van der Waals surface area contributed by atoms with Gasteiger partial charge in [0.05, 0.1) is 9.81 Å². The van der Waals surface area contributed by atoms with Crippen molar-refractivity contribution in [3.63, 3.8) is 0 Å². The number of anilines is 3. The zero-order valence-corrected chi connectivity index (χ0v) is 29.1. The minimum atomic E-state index is -1.35. The first-order valence-corrected chi connectivity index (χ1v) is 17.7. The van der Waals surface area contributed by atoms with Crippen molar-refractivity contribution in [1.29, 1.82) is 0 Å². The molecule has 1 aliphatic carbocycles. The lowest BCUT2D eigenvalue weighted by Crippen LogP contribution is -2.42. The van der Waals surface area contributed by atoms with Crippen molar-refractivity contribution < 1.29 is 39.0 Å². The van der Waals surface area contributed by atoms with Crippen LogP contribution in [0.5, 0.6) is 0 Å². The summed E-state index contributed by atoms with van der Waals surface area (Å²) >= 11 is 1.69. The Bertz CT molecular complexity index is 1940. The van der Waals surface area contributed by atoms with Gasteiger partial charge in [-0.2, -0.15) is 0 Å². The maximum Gasteiger partial charge on any atom is 0.327 e. The predicted octanol–water partition coefficient (Wildman–Crippen LogP) is 6.06. The number of carboxylic acids is 2. The molecule has 5 rings (SSSR count). The van der Waals surface area contributed by atoms with Gasteiger partial charge in [0.25, 0.3) is 0 Å². The van der Waals surface area contributed by atoms with Crippen LogP contribution in [0.3, 0.4) is 0 Å². The van der Waals surface area contributed by atoms with E-state index in [1.807, 2.05) is 84.9 Å². The zero-order valence-electron chi connectivity index (χ0n) is 27.5. The standard InChI is InChI=1S/C38H33N3O8S2/c1-22(42)39-31(36(46)47)20-50-38(51-21-32(37(48)49)40-23(2)43)33-34(44)29-18-15-25(19-30(29)35(33)45)24-13-16-28(17-14-24)41(26-9-5-3-6-10-26)27-11-7-4-8-12-27/h3-19,31-32H,20-21H2,1-2H3,(H,39,42)(H,40,43)(H,46,47)(H,48,49)/t31-,32+. The molecule has 0 spiro atoms. The number of hydrogen-bond acceptors (Lipinski definition) is 9. The van der Waals surface area contributed by atoms with Crippen LogP contribution >= 0.6 is 23.5 Å². The van der Waals surface area contributed by atoms with E-state index < -0.39 is 47.4 Å². The fraction of sp³-hybridized carbons (Fsp3) is 0.158. The van der Waals surface area contributed by atoms with Crippen LogP contribution in [0.4, 0.5) is 17.1 Å². The number of nitrogens with zero attached hydrogens (tertiary/aromatic N) is 1. The van der Waals surface area contributed by atoms with Gasteiger partial charge in [-0.15, -0.1) is 23.5 Å². The number of para-hydroxylation sites is 2. The Balaban J connectivity index is 1.47. The third-order valence-corrected chi connectivity index (χ3v) is 10.4. The minimum absolute atomic E-state index is 0.0854. The van der Waals surface area contributed by atoms with Crippen LogP contribution in [-0.4, -0.2) is 69.1 Å². The van der Waals surface area contributed by atoms with Gasteiger partial charge in [-0.3, -0.25) is 19.2 Å². The lowest BCUT2D eigenvalue weighted by atomic mass is 9.99. The number of aliphatic carboxylic acids is 2. The second kappa shape index (κ2) is 16.4. The maximum absolute atomic E-state index is 13.9. The minimum Gasteiger partial charge on any atom is -0.480 e. The smallest absolute Gasteiger partial charge is 0.327 e. The Morgan fingerprint density at radius 1 is 0.608 bits per heavy atom. The van der Waals surface area contributed by atoms with E-state index in [0.29, 0.717) is 5.56 Å². The van der Waals surface area contributed by atoms with E-state index in [1.54, 1.807) is 18.2 Å². The fourth-order valence-electron chi connectivity index (χ4n) is 5.42. The highest BCUT2D eigenvalue weighted by atomic mass is 32.2. The van der Waals surface area contributed by atoms with E-state index in [0.717, 1.165) is 60.0 Å². The Kier molecular flexibility index (Phi) is 11.7. The van der Waals surface area contributed by atoms with Crippen LogP contribution in [0.15, 0.2) is 113 Å². The molecular weight excluding hydrogens is 691 g/mol. The van der Waals surface area contributed by atoms with E-state index in [-0.39, 0.29) is 32.4 Å². The van der Waals surface area contributed by atoms with Gasteiger partial charge >= 0.3 is 11.9 Å². The van der Waals surface area contributed by atoms with Crippen LogP contribution < -0.4 is 15.5 Å². The molecule has 0 fully saturated rings. The number of hydrogen-bond donors (Lipinski definition) is 4. The van der Waals surface area contributed by atoms with Crippen LogP contribution in [0.2, 0.25) is 0 Å². The number of rotatable bonds is 14. The molecule has 51 heavy (non-hydrogen) atoms. The molecule has 0 heterocycles. The number of amides is 2. The molecule has 13 heteroatoms. The SMILES string of the molecule is CC(=O)N[C@@H](CSC(SC[C@@H](NC(C)=O)C(=O)O)=C1C(=O)c2ccc(-c3ccc(N(c4ccccc4)c4ccccc4)cc3)cc2C1=O)C(=O)O. The van der Waals surface area contributed by atoms with Gasteiger partial charge in [-0.1, -0.05) is 54.6 Å². The Labute approximate surface area is 302 Å². The summed E-state index contributed by atoms with van der Waals surface area (Å²) in [5.41, 5.74) is 4.41. The van der Waals surface area contributed by atoms with Gasteiger partial charge in [0.1, 0.15) is 12.1 Å². The summed E-state index contributed by atoms with van der Waals surface area (Å²) in [6, 6.07) is 29.9. The molecular formula is C38H33N3O8S2. The van der Waals surface area contributed by atoms with Crippen molar-refractivity contribution in [2.24, 2.45) is 0 Å². The highest BCUT2D eigenvalue weighted by Crippen LogP contribution is 2.41. The van der Waals surface area contributed by atoms with E-state index in [9.17, 15) is 39.0 Å². The lowest BCUT2D eigenvalue weighted by Gasteiger charge is -2.25. The molecule has 1 aliphatic rings. The average molecular weight is 724 g/mol. The Hall–Kier alpha value is -5.66. The molecule has 0 bridgehead atoms. The normalized spacial score (nSPS) is 14.2. The quantitative estimate of drug-likeness (QED) is 0.0881. The number of carbonyl (C=O) groups excluding carboxylic acids is 4. The molecule has 0 aliphatic heterocycles. The zero-order chi connectivity index (χ0) is 36.7. The molecule has 0 radical (unpaired) electrons. The Morgan fingerprint density at radius 2 is 1.04 bits per heavy atom. The number of thioether (sulfide) groups is 2. The van der Waals surface area contributed by atoms with E-state index in [1.165, 1.54) is 0 Å². The topological polar surface area (TPSA) is 170 Å². The van der Waals surface area contributed by atoms with Crippen molar-refractivity contribution >= 4 is 75.9 Å². The van der Waals surface area contributed by atoms with Gasteiger partial charge in [-0.25, -0.2) is 9.59 Å². The first-order chi connectivity index (χ1) is 24.4. The van der Waals surface area contributed by atoms with Gasteiger partial charge in [0.2, 0.25) is 11.8 Å². The molecule has 4 aromatic carbocycles. The molecule has 0 saturated carbocycles. The largest absolute Gasteiger partial charge is 0.480 e. The lowest BCUT2D eigenvalue weighted by molar-refractivity contribution is -0.141. The summed E-state index contributed by atoms with van der Waals surface area (Å²) < 4.78 is 0.0854. The molecule has 0 aromatic heterocycles.